The molecule has 92 valence electrons. The quantitative estimate of drug-likeness (QED) is 0.643. The van der Waals surface area contributed by atoms with E-state index in [4.69, 9.17) is 4.74 Å². The molecule has 1 amide bonds. The summed E-state index contributed by atoms with van der Waals surface area (Å²) in [4.78, 5) is 11.0. The standard InChI is InChI=1S/C13H18N2O2/c1-4-11-6-8-12(9-7-11)10(3)14-15-13(16)17-5-2/h6-9H,4-5H2,1-3H3,(H,15,16)/b14-10+. The molecule has 0 bridgehead atoms. The Balaban J connectivity index is 2.64. The lowest BCUT2D eigenvalue weighted by molar-refractivity contribution is 0.152. The third-order valence-corrected chi connectivity index (χ3v) is 2.37. The normalized spacial score (nSPS) is 11.1. The van der Waals surface area contributed by atoms with Crippen LogP contribution in [0.5, 0.6) is 0 Å². The summed E-state index contributed by atoms with van der Waals surface area (Å²) in [5.41, 5.74) is 5.35. The zero-order chi connectivity index (χ0) is 12.7. The van der Waals surface area contributed by atoms with Crippen LogP contribution in [0, 0.1) is 0 Å². The van der Waals surface area contributed by atoms with Gasteiger partial charge in [0.15, 0.2) is 0 Å². The Morgan fingerprint density at radius 3 is 2.47 bits per heavy atom. The number of aryl methyl sites for hydroxylation is 1. The van der Waals surface area contributed by atoms with Gasteiger partial charge in [0.1, 0.15) is 0 Å². The van der Waals surface area contributed by atoms with Gasteiger partial charge in [-0.25, -0.2) is 10.2 Å². The predicted molar refractivity (Wildman–Crippen MR) is 68.2 cm³/mol. The van der Waals surface area contributed by atoms with Gasteiger partial charge in [-0.2, -0.15) is 5.10 Å². The third kappa shape index (κ3) is 4.26. The van der Waals surface area contributed by atoms with Crippen molar-refractivity contribution >= 4 is 11.8 Å². The second-order valence-electron chi connectivity index (χ2n) is 3.58. The Labute approximate surface area is 102 Å². The molecule has 1 N–H and O–H groups in total. The van der Waals surface area contributed by atoms with E-state index in [9.17, 15) is 4.79 Å². The number of ether oxygens (including phenoxy) is 1. The summed E-state index contributed by atoms with van der Waals surface area (Å²) in [5.74, 6) is 0. The first-order valence-electron chi connectivity index (χ1n) is 5.73. The van der Waals surface area contributed by atoms with Gasteiger partial charge in [-0.15, -0.1) is 0 Å². The van der Waals surface area contributed by atoms with Crippen LogP contribution in [0.25, 0.3) is 0 Å². The maximum Gasteiger partial charge on any atom is 0.427 e. The molecule has 0 unspecified atom stereocenters. The highest BCUT2D eigenvalue weighted by Gasteiger charge is 2.00. The number of amides is 1. The Hall–Kier alpha value is -1.84. The van der Waals surface area contributed by atoms with Crippen molar-refractivity contribution in [2.75, 3.05) is 6.61 Å². The van der Waals surface area contributed by atoms with E-state index in [1.54, 1.807) is 6.92 Å². The van der Waals surface area contributed by atoms with E-state index in [2.05, 4.69) is 29.6 Å². The van der Waals surface area contributed by atoms with Crippen LogP contribution in [0.4, 0.5) is 4.79 Å². The molecule has 0 radical (unpaired) electrons. The minimum atomic E-state index is -0.531. The highest BCUT2D eigenvalue weighted by atomic mass is 16.5. The Kier molecular flexibility index (Phi) is 5.20. The van der Waals surface area contributed by atoms with Gasteiger partial charge in [-0.05, 0) is 31.4 Å². The van der Waals surface area contributed by atoms with Crippen molar-refractivity contribution in [1.82, 2.24) is 5.43 Å². The fourth-order valence-electron chi connectivity index (χ4n) is 1.34. The van der Waals surface area contributed by atoms with Crippen LogP contribution in [-0.2, 0) is 11.2 Å². The summed E-state index contributed by atoms with van der Waals surface area (Å²) in [6.07, 6.45) is 0.481. The van der Waals surface area contributed by atoms with Crippen LogP contribution >= 0.6 is 0 Å². The summed E-state index contributed by atoms with van der Waals surface area (Å²) in [7, 11) is 0. The van der Waals surface area contributed by atoms with Crippen LogP contribution in [0.15, 0.2) is 29.4 Å². The SMILES string of the molecule is CCOC(=O)N/N=C(\C)c1ccc(CC)cc1. The van der Waals surface area contributed by atoms with Crippen molar-refractivity contribution in [2.24, 2.45) is 5.10 Å². The molecule has 0 spiro atoms. The van der Waals surface area contributed by atoms with Gasteiger partial charge < -0.3 is 4.74 Å². The second-order valence-corrected chi connectivity index (χ2v) is 3.58. The van der Waals surface area contributed by atoms with E-state index in [1.807, 2.05) is 19.1 Å². The minimum absolute atomic E-state index is 0.339. The van der Waals surface area contributed by atoms with Crippen molar-refractivity contribution in [3.63, 3.8) is 0 Å². The van der Waals surface area contributed by atoms with E-state index in [1.165, 1.54) is 5.56 Å². The summed E-state index contributed by atoms with van der Waals surface area (Å²) >= 11 is 0. The summed E-state index contributed by atoms with van der Waals surface area (Å²) in [6, 6.07) is 8.09. The van der Waals surface area contributed by atoms with Crippen molar-refractivity contribution in [3.8, 4) is 0 Å². The lowest BCUT2D eigenvalue weighted by Gasteiger charge is -2.03. The van der Waals surface area contributed by atoms with Gasteiger partial charge in [-0.1, -0.05) is 31.2 Å². The number of rotatable bonds is 4. The molecule has 0 aromatic heterocycles. The van der Waals surface area contributed by atoms with E-state index in [0.717, 1.165) is 17.7 Å². The molecule has 1 aromatic carbocycles. The van der Waals surface area contributed by atoms with E-state index < -0.39 is 6.09 Å². The largest absolute Gasteiger partial charge is 0.449 e. The molecule has 17 heavy (non-hydrogen) atoms. The predicted octanol–water partition coefficient (Wildman–Crippen LogP) is 2.72. The Bertz CT molecular complexity index is 396. The lowest BCUT2D eigenvalue weighted by atomic mass is 10.1. The van der Waals surface area contributed by atoms with Crippen LogP contribution in [-0.4, -0.2) is 18.4 Å². The van der Waals surface area contributed by atoms with Crippen LogP contribution in [0.1, 0.15) is 31.9 Å². The zero-order valence-electron chi connectivity index (χ0n) is 10.5. The van der Waals surface area contributed by atoms with Crippen LogP contribution < -0.4 is 5.43 Å². The van der Waals surface area contributed by atoms with Gasteiger partial charge in [0.25, 0.3) is 0 Å². The summed E-state index contributed by atoms with van der Waals surface area (Å²) in [5, 5.41) is 3.96. The monoisotopic (exact) mass is 234 g/mol. The molecular weight excluding hydrogens is 216 g/mol. The minimum Gasteiger partial charge on any atom is -0.449 e. The van der Waals surface area contributed by atoms with Crippen molar-refractivity contribution < 1.29 is 9.53 Å². The van der Waals surface area contributed by atoms with Crippen LogP contribution in [0.3, 0.4) is 0 Å². The maximum atomic E-state index is 11.0. The van der Waals surface area contributed by atoms with Gasteiger partial charge in [0, 0.05) is 0 Å². The highest BCUT2D eigenvalue weighted by molar-refractivity contribution is 5.99. The molecule has 1 rings (SSSR count). The molecule has 0 fully saturated rings. The van der Waals surface area contributed by atoms with E-state index in [-0.39, 0.29) is 0 Å². The number of hydrogen-bond acceptors (Lipinski definition) is 3. The first kappa shape index (κ1) is 13.2. The molecule has 0 atom stereocenters. The molecule has 4 heteroatoms. The highest BCUT2D eigenvalue weighted by Crippen LogP contribution is 2.06. The number of hydrogen-bond donors (Lipinski definition) is 1. The number of benzene rings is 1. The zero-order valence-corrected chi connectivity index (χ0v) is 10.5. The second kappa shape index (κ2) is 6.68. The third-order valence-electron chi connectivity index (χ3n) is 2.37. The molecule has 0 aliphatic heterocycles. The van der Waals surface area contributed by atoms with Crippen molar-refractivity contribution in [2.45, 2.75) is 27.2 Å². The fraction of sp³-hybridized carbons (Fsp3) is 0.385. The van der Waals surface area contributed by atoms with Crippen molar-refractivity contribution in [1.29, 1.82) is 0 Å². The molecular formula is C13H18N2O2. The number of hydrazone groups is 1. The Morgan fingerprint density at radius 1 is 1.29 bits per heavy atom. The molecule has 0 saturated carbocycles. The molecule has 4 nitrogen and oxygen atoms in total. The first-order chi connectivity index (χ1) is 8.17. The number of nitrogens with one attached hydrogen (secondary N) is 1. The van der Waals surface area contributed by atoms with E-state index in [0.29, 0.717) is 6.61 Å². The average molecular weight is 234 g/mol. The van der Waals surface area contributed by atoms with Crippen molar-refractivity contribution in [3.05, 3.63) is 35.4 Å². The summed E-state index contributed by atoms with van der Waals surface area (Å²) in [6.45, 7) is 6.04. The summed E-state index contributed by atoms with van der Waals surface area (Å²) < 4.78 is 4.71. The number of carbonyl (C=O) groups is 1. The molecule has 0 aliphatic rings. The Morgan fingerprint density at radius 2 is 1.94 bits per heavy atom. The number of carbonyl (C=O) groups excluding carboxylic acids is 1. The van der Waals surface area contributed by atoms with Gasteiger partial charge in [0.2, 0.25) is 0 Å². The van der Waals surface area contributed by atoms with Gasteiger partial charge in [-0.3, -0.25) is 0 Å². The molecule has 0 heterocycles. The number of nitrogens with zero attached hydrogens (tertiary/aromatic N) is 1. The van der Waals surface area contributed by atoms with Crippen LogP contribution in [0.2, 0.25) is 0 Å². The topological polar surface area (TPSA) is 50.7 Å². The maximum absolute atomic E-state index is 11.0. The van der Waals surface area contributed by atoms with Gasteiger partial charge in [0.05, 0.1) is 12.3 Å². The van der Waals surface area contributed by atoms with Gasteiger partial charge >= 0.3 is 6.09 Å². The first-order valence-corrected chi connectivity index (χ1v) is 5.73. The van der Waals surface area contributed by atoms with E-state index >= 15 is 0 Å². The average Bonchev–Trinajstić information content (AvgIpc) is 2.36. The molecule has 1 aromatic rings. The molecule has 0 aliphatic carbocycles. The fourth-order valence-corrected chi connectivity index (χ4v) is 1.34. The lowest BCUT2D eigenvalue weighted by Crippen LogP contribution is -2.20. The smallest absolute Gasteiger partial charge is 0.427 e. The molecule has 0 saturated heterocycles.